The van der Waals surface area contributed by atoms with Gasteiger partial charge in [-0.3, -0.25) is 14.2 Å². The monoisotopic (exact) mass is 397 g/mol. The van der Waals surface area contributed by atoms with Gasteiger partial charge in [-0.25, -0.2) is 4.98 Å². The third-order valence-corrected chi connectivity index (χ3v) is 4.91. The lowest BCUT2D eigenvalue weighted by molar-refractivity contribution is -0.120. The number of amides is 1. The van der Waals surface area contributed by atoms with E-state index in [9.17, 15) is 9.59 Å². The van der Waals surface area contributed by atoms with Crippen LogP contribution >= 0.6 is 27.7 Å². The second-order valence-electron chi connectivity index (χ2n) is 5.17. The van der Waals surface area contributed by atoms with Gasteiger partial charge >= 0.3 is 0 Å². The van der Waals surface area contributed by atoms with Gasteiger partial charge in [-0.05, 0) is 38.5 Å². The van der Waals surface area contributed by atoms with Crippen molar-refractivity contribution in [3.63, 3.8) is 0 Å². The third kappa shape index (κ3) is 4.14. The Morgan fingerprint density at radius 3 is 2.83 bits per heavy atom. The first-order chi connectivity index (χ1) is 11.0. The van der Waals surface area contributed by atoms with Crippen molar-refractivity contribution >= 4 is 44.5 Å². The zero-order valence-corrected chi connectivity index (χ0v) is 15.8. The van der Waals surface area contributed by atoms with E-state index in [-0.39, 0.29) is 16.7 Å². The minimum Gasteiger partial charge on any atom is -0.355 e. The number of nitrogens with one attached hydrogen (secondary N) is 1. The molecule has 2 rings (SSSR count). The van der Waals surface area contributed by atoms with Crippen LogP contribution in [0.3, 0.4) is 0 Å². The van der Waals surface area contributed by atoms with E-state index < -0.39 is 0 Å². The summed E-state index contributed by atoms with van der Waals surface area (Å²) in [5.41, 5.74) is 0.583. The lowest BCUT2D eigenvalue weighted by Crippen LogP contribution is -2.31. The molecule has 124 valence electrons. The highest BCUT2D eigenvalue weighted by molar-refractivity contribution is 9.10. The van der Waals surface area contributed by atoms with Gasteiger partial charge in [0, 0.05) is 17.6 Å². The zero-order chi connectivity index (χ0) is 17.0. The van der Waals surface area contributed by atoms with Crippen LogP contribution < -0.4 is 10.9 Å². The second kappa shape index (κ2) is 7.97. The Bertz CT molecular complexity index is 776. The molecule has 23 heavy (non-hydrogen) atoms. The number of halogens is 1. The number of nitrogens with zero attached hydrogens (tertiary/aromatic N) is 2. The molecule has 1 aromatic heterocycles. The molecule has 0 bridgehead atoms. The van der Waals surface area contributed by atoms with Crippen LogP contribution in [-0.2, 0) is 11.3 Å². The van der Waals surface area contributed by atoms with E-state index in [1.807, 2.05) is 32.9 Å². The molecule has 0 unspecified atom stereocenters. The fourth-order valence-electron chi connectivity index (χ4n) is 2.21. The number of carbonyl (C=O) groups is 1. The summed E-state index contributed by atoms with van der Waals surface area (Å²) in [4.78, 5) is 29.3. The van der Waals surface area contributed by atoms with Crippen molar-refractivity contribution in [2.75, 3.05) is 6.54 Å². The van der Waals surface area contributed by atoms with Crippen molar-refractivity contribution in [1.82, 2.24) is 14.9 Å². The summed E-state index contributed by atoms with van der Waals surface area (Å²) in [5.74, 6) is -0.0503. The number of carbonyl (C=O) groups excluding carboxylic acids is 1. The molecule has 0 aliphatic carbocycles. The van der Waals surface area contributed by atoms with Gasteiger partial charge in [0.15, 0.2) is 5.16 Å². The van der Waals surface area contributed by atoms with E-state index in [4.69, 9.17) is 0 Å². The Labute approximate surface area is 148 Å². The molecule has 0 spiro atoms. The minimum absolute atomic E-state index is 0.0503. The van der Waals surface area contributed by atoms with Gasteiger partial charge in [0.1, 0.15) is 0 Å². The maximum absolute atomic E-state index is 12.8. The van der Waals surface area contributed by atoms with Crippen molar-refractivity contribution in [3.8, 4) is 0 Å². The highest BCUT2D eigenvalue weighted by atomic mass is 79.9. The van der Waals surface area contributed by atoms with Crippen LogP contribution in [-0.4, -0.2) is 27.3 Å². The molecule has 1 heterocycles. The average molecular weight is 398 g/mol. The van der Waals surface area contributed by atoms with Crippen LogP contribution in [0.15, 0.2) is 32.6 Å². The maximum Gasteiger partial charge on any atom is 0.262 e. The summed E-state index contributed by atoms with van der Waals surface area (Å²) in [7, 11) is 0. The summed E-state index contributed by atoms with van der Waals surface area (Å²) < 4.78 is 2.51. The predicted octanol–water partition coefficient (Wildman–Crippen LogP) is 3.19. The van der Waals surface area contributed by atoms with E-state index in [1.165, 1.54) is 11.8 Å². The van der Waals surface area contributed by atoms with Crippen molar-refractivity contribution in [2.45, 2.75) is 44.1 Å². The lowest BCUT2D eigenvalue weighted by atomic mass is 10.2. The van der Waals surface area contributed by atoms with Gasteiger partial charge < -0.3 is 5.32 Å². The molecule has 1 N–H and O–H groups in total. The molecular formula is C16H20BrN3O2S. The maximum atomic E-state index is 12.8. The molecule has 0 saturated carbocycles. The highest BCUT2D eigenvalue weighted by Gasteiger charge is 2.18. The summed E-state index contributed by atoms with van der Waals surface area (Å²) in [6.07, 6.45) is 0.824. The molecule has 0 aliphatic heterocycles. The first-order valence-electron chi connectivity index (χ1n) is 7.62. The molecule has 2 aromatic rings. The van der Waals surface area contributed by atoms with Crippen LogP contribution in [0.2, 0.25) is 0 Å². The Morgan fingerprint density at radius 2 is 2.17 bits per heavy atom. The van der Waals surface area contributed by atoms with Crippen LogP contribution in [0.5, 0.6) is 0 Å². The summed E-state index contributed by atoms with van der Waals surface area (Å²) in [6, 6.07) is 5.47. The molecule has 1 amide bonds. The number of rotatable bonds is 6. The summed E-state index contributed by atoms with van der Waals surface area (Å²) >= 11 is 4.71. The van der Waals surface area contributed by atoms with E-state index in [1.54, 1.807) is 10.6 Å². The van der Waals surface area contributed by atoms with Gasteiger partial charge in [0.2, 0.25) is 5.91 Å². The van der Waals surface area contributed by atoms with Crippen molar-refractivity contribution in [3.05, 3.63) is 33.0 Å². The first-order valence-corrected chi connectivity index (χ1v) is 9.29. The zero-order valence-electron chi connectivity index (χ0n) is 13.4. The van der Waals surface area contributed by atoms with E-state index in [0.717, 1.165) is 10.9 Å². The molecule has 1 atom stereocenters. The van der Waals surface area contributed by atoms with Gasteiger partial charge in [0.05, 0.1) is 16.2 Å². The molecular weight excluding hydrogens is 378 g/mol. The summed E-state index contributed by atoms with van der Waals surface area (Å²) in [5, 5.41) is 3.66. The molecule has 0 aliphatic rings. The van der Waals surface area contributed by atoms with Crippen molar-refractivity contribution in [1.29, 1.82) is 0 Å². The average Bonchev–Trinajstić information content (AvgIpc) is 2.52. The van der Waals surface area contributed by atoms with Crippen LogP contribution in [0.25, 0.3) is 10.9 Å². The fourth-order valence-corrected chi connectivity index (χ4v) is 3.53. The predicted molar refractivity (Wildman–Crippen MR) is 98.0 cm³/mol. The topological polar surface area (TPSA) is 64.0 Å². The first kappa shape index (κ1) is 18.0. The van der Waals surface area contributed by atoms with Crippen molar-refractivity contribution in [2.24, 2.45) is 0 Å². The van der Waals surface area contributed by atoms with E-state index in [2.05, 4.69) is 26.2 Å². The molecule has 5 nitrogen and oxygen atoms in total. The summed E-state index contributed by atoms with van der Waals surface area (Å²) in [6.45, 7) is 6.89. The minimum atomic E-state index is -0.308. The Hall–Kier alpha value is -1.34. The molecule has 0 fully saturated rings. The normalized spacial score (nSPS) is 12.3. The van der Waals surface area contributed by atoms with Crippen LogP contribution in [0, 0.1) is 0 Å². The molecule has 0 radical (unpaired) electrons. The molecule has 0 saturated heterocycles. The van der Waals surface area contributed by atoms with E-state index in [0.29, 0.717) is 29.1 Å². The Kier molecular flexibility index (Phi) is 6.24. The number of benzene rings is 1. The number of aromatic nitrogens is 2. The van der Waals surface area contributed by atoms with Gasteiger partial charge in [-0.1, -0.05) is 34.6 Å². The highest BCUT2D eigenvalue weighted by Crippen LogP contribution is 2.24. The Balaban J connectivity index is 2.49. The van der Waals surface area contributed by atoms with Gasteiger partial charge in [-0.2, -0.15) is 0 Å². The van der Waals surface area contributed by atoms with Crippen LogP contribution in [0.1, 0.15) is 27.2 Å². The Morgan fingerprint density at radius 1 is 1.43 bits per heavy atom. The van der Waals surface area contributed by atoms with Gasteiger partial charge in [0.25, 0.3) is 5.56 Å². The SMILES string of the molecule is CCCn1c(S[C@H](C)C(=O)NCC)nc2ccc(Br)cc2c1=O. The van der Waals surface area contributed by atoms with Crippen LogP contribution in [0.4, 0.5) is 0 Å². The number of thioether (sulfide) groups is 1. The number of hydrogen-bond acceptors (Lipinski definition) is 4. The second-order valence-corrected chi connectivity index (χ2v) is 7.39. The number of hydrogen-bond donors (Lipinski definition) is 1. The van der Waals surface area contributed by atoms with Gasteiger partial charge in [-0.15, -0.1) is 0 Å². The van der Waals surface area contributed by atoms with E-state index >= 15 is 0 Å². The molecule has 1 aromatic carbocycles. The quantitative estimate of drug-likeness (QED) is 0.600. The van der Waals surface area contributed by atoms with Crippen molar-refractivity contribution < 1.29 is 4.79 Å². The standard InChI is InChI=1S/C16H20BrN3O2S/c1-4-8-20-15(22)12-9-11(17)6-7-13(12)19-16(20)23-10(3)14(21)18-5-2/h6-7,9-10H,4-5,8H2,1-3H3,(H,18,21)/t10-/m1/s1. The molecule has 7 heteroatoms. The lowest BCUT2D eigenvalue weighted by Gasteiger charge is -2.15. The largest absolute Gasteiger partial charge is 0.355 e. The smallest absolute Gasteiger partial charge is 0.262 e. The fraction of sp³-hybridized carbons (Fsp3) is 0.438. The number of fused-ring (bicyclic) bond motifs is 1. The third-order valence-electron chi connectivity index (χ3n) is 3.33.